The van der Waals surface area contributed by atoms with E-state index < -0.39 is 0 Å². The number of anilines is 1. The molecule has 2 nitrogen and oxygen atoms in total. The van der Waals surface area contributed by atoms with Gasteiger partial charge in [-0.25, -0.2) is 0 Å². The second-order valence-corrected chi connectivity index (χ2v) is 3.71. The quantitative estimate of drug-likeness (QED) is 0.753. The van der Waals surface area contributed by atoms with E-state index in [1.165, 1.54) is 6.42 Å². The topological polar surface area (TPSA) is 32.3 Å². The average Bonchev–Trinajstić information content (AvgIpc) is 2.26. The Morgan fingerprint density at radius 3 is 2.71 bits per heavy atom. The highest BCUT2D eigenvalue weighted by Crippen LogP contribution is 2.15. The van der Waals surface area contributed by atoms with Crippen molar-refractivity contribution in [3.05, 3.63) is 29.8 Å². The summed E-state index contributed by atoms with van der Waals surface area (Å²) in [6, 6.07) is 7.88. The summed E-state index contributed by atoms with van der Waals surface area (Å²) in [4.78, 5) is 0. The monoisotopic (exact) mass is 193 g/mol. The summed E-state index contributed by atoms with van der Waals surface area (Å²) < 4.78 is 0. The van der Waals surface area contributed by atoms with Crippen LogP contribution in [0.25, 0.3) is 0 Å². The molecule has 78 valence electrons. The van der Waals surface area contributed by atoms with Crippen molar-refractivity contribution in [2.24, 2.45) is 5.92 Å². The van der Waals surface area contributed by atoms with Gasteiger partial charge in [0.2, 0.25) is 0 Å². The van der Waals surface area contributed by atoms with E-state index in [-0.39, 0.29) is 6.61 Å². The number of aliphatic hydroxyl groups excluding tert-OH is 1. The van der Waals surface area contributed by atoms with Crippen LogP contribution in [0, 0.1) is 5.92 Å². The van der Waals surface area contributed by atoms with Crippen LogP contribution < -0.4 is 5.32 Å². The van der Waals surface area contributed by atoms with E-state index in [0.29, 0.717) is 5.92 Å². The molecule has 0 unspecified atom stereocenters. The van der Waals surface area contributed by atoms with Gasteiger partial charge in [-0.05, 0) is 12.0 Å². The smallest absolute Gasteiger partial charge is 0.0701 e. The van der Waals surface area contributed by atoms with E-state index in [4.69, 9.17) is 5.11 Å². The summed E-state index contributed by atoms with van der Waals surface area (Å²) >= 11 is 0. The SMILES string of the molecule is CC[C@H](C)CNc1ccccc1CO. The molecule has 0 amide bonds. The lowest BCUT2D eigenvalue weighted by Crippen LogP contribution is -2.11. The number of rotatable bonds is 5. The molecule has 0 fully saturated rings. The van der Waals surface area contributed by atoms with Crippen molar-refractivity contribution < 1.29 is 5.11 Å². The van der Waals surface area contributed by atoms with Gasteiger partial charge in [-0.1, -0.05) is 38.5 Å². The van der Waals surface area contributed by atoms with Crippen LogP contribution in [0.2, 0.25) is 0 Å². The molecule has 1 atom stereocenters. The van der Waals surface area contributed by atoms with E-state index in [1.807, 2.05) is 24.3 Å². The number of aliphatic hydroxyl groups is 1. The predicted molar refractivity (Wildman–Crippen MR) is 60.3 cm³/mol. The minimum Gasteiger partial charge on any atom is -0.392 e. The second kappa shape index (κ2) is 5.66. The molecule has 0 radical (unpaired) electrons. The first-order valence-electron chi connectivity index (χ1n) is 5.20. The van der Waals surface area contributed by atoms with E-state index in [2.05, 4.69) is 19.2 Å². The molecule has 0 aliphatic heterocycles. The van der Waals surface area contributed by atoms with Crippen molar-refractivity contribution in [1.29, 1.82) is 0 Å². The number of hydrogen-bond acceptors (Lipinski definition) is 2. The third-order valence-corrected chi connectivity index (χ3v) is 2.53. The van der Waals surface area contributed by atoms with Crippen molar-refractivity contribution in [2.45, 2.75) is 26.9 Å². The van der Waals surface area contributed by atoms with Crippen molar-refractivity contribution >= 4 is 5.69 Å². The largest absolute Gasteiger partial charge is 0.392 e. The standard InChI is InChI=1S/C12H19NO/c1-3-10(2)8-13-12-7-5-4-6-11(12)9-14/h4-7,10,13-14H,3,8-9H2,1-2H3/t10-/m0/s1. The zero-order chi connectivity index (χ0) is 10.4. The number of para-hydroxylation sites is 1. The summed E-state index contributed by atoms with van der Waals surface area (Å²) in [7, 11) is 0. The Balaban J connectivity index is 2.57. The molecule has 0 saturated heterocycles. The molecule has 2 heteroatoms. The van der Waals surface area contributed by atoms with Crippen molar-refractivity contribution in [3.63, 3.8) is 0 Å². The molecule has 0 aliphatic rings. The molecule has 1 rings (SSSR count). The van der Waals surface area contributed by atoms with Crippen molar-refractivity contribution in [3.8, 4) is 0 Å². The first-order valence-corrected chi connectivity index (χ1v) is 5.20. The van der Waals surface area contributed by atoms with E-state index >= 15 is 0 Å². The lowest BCUT2D eigenvalue weighted by atomic mass is 10.1. The Kier molecular flexibility index (Phi) is 4.47. The van der Waals surface area contributed by atoms with Crippen LogP contribution in [0.15, 0.2) is 24.3 Å². The van der Waals surface area contributed by atoms with E-state index in [1.54, 1.807) is 0 Å². The number of benzene rings is 1. The van der Waals surface area contributed by atoms with Crippen molar-refractivity contribution in [2.75, 3.05) is 11.9 Å². The first-order chi connectivity index (χ1) is 6.77. The van der Waals surface area contributed by atoms with E-state index in [0.717, 1.165) is 17.8 Å². The molecular formula is C12H19NO. The molecule has 0 bridgehead atoms. The zero-order valence-electron chi connectivity index (χ0n) is 8.96. The fourth-order valence-corrected chi connectivity index (χ4v) is 1.26. The van der Waals surface area contributed by atoms with Gasteiger partial charge >= 0.3 is 0 Å². The third kappa shape index (κ3) is 3.04. The Labute approximate surface area is 86.0 Å². The first kappa shape index (κ1) is 11.1. The highest BCUT2D eigenvalue weighted by molar-refractivity contribution is 5.50. The van der Waals surface area contributed by atoms with Gasteiger partial charge in [-0.15, -0.1) is 0 Å². The molecule has 0 spiro atoms. The minimum atomic E-state index is 0.101. The maximum atomic E-state index is 9.10. The minimum absolute atomic E-state index is 0.101. The normalized spacial score (nSPS) is 12.5. The Hall–Kier alpha value is -1.02. The number of hydrogen-bond donors (Lipinski definition) is 2. The van der Waals surface area contributed by atoms with Crippen LogP contribution >= 0.6 is 0 Å². The summed E-state index contributed by atoms with van der Waals surface area (Å²) in [5.74, 6) is 0.668. The lowest BCUT2D eigenvalue weighted by Gasteiger charge is -2.13. The third-order valence-electron chi connectivity index (χ3n) is 2.53. The lowest BCUT2D eigenvalue weighted by molar-refractivity contribution is 0.282. The molecule has 0 heterocycles. The van der Waals surface area contributed by atoms with Crippen LogP contribution in [-0.4, -0.2) is 11.7 Å². The van der Waals surface area contributed by atoms with Gasteiger partial charge in [0, 0.05) is 17.8 Å². The fraction of sp³-hybridized carbons (Fsp3) is 0.500. The maximum absolute atomic E-state index is 9.10. The highest BCUT2D eigenvalue weighted by atomic mass is 16.3. The zero-order valence-corrected chi connectivity index (χ0v) is 8.96. The van der Waals surface area contributed by atoms with Gasteiger partial charge in [0.15, 0.2) is 0 Å². The molecule has 0 aromatic heterocycles. The predicted octanol–water partition coefficient (Wildman–Crippen LogP) is 2.64. The molecule has 14 heavy (non-hydrogen) atoms. The molecule has 0 saturated carbocycles. The Morgan fingerprint density at radius 1 is 1.36 bits per heavy atom. The number of nitrogens with one attached hydrogen (secondary N) is 1. The Morgan fingerprint density at radius 2 is 2.07 bits per heavy atom. The van der Waals surface area contributed by atoms with Gasteiger partial charge < -0.3 is 10.4 Å². The van der Waals surface area contributed by atoms with Gasteiger partial charge in [-0.3, -0.25) is 0 Å². The summed E-state index contributed by atoms with van der Waals surface area (Å²) in [6.07, 6.45) is 1.17. The molecule has 0 aliphatic carbocycles. The average molecular weight is 193 g/mol. The van der Waals surface area contributed by atoms with Crippen LogP contribution in [0.5, 0.6) is 0 Å². The van der Waals surface area contributed by atoms with Crippen LogP contribution in [0.4, 0.5) is 5.69 Å². The summed E-state index contributed by atoms with van der Waals surface area (Å²) in [6.45, 7) is 5.47. The highest BCUT2D eigenvalue weighted by Gasteiger charge is 2.01. The molecule has 1 aromatic carbocycles. The van der Waals surface area contributed by atoms with Crippen LogP contribution in [0.3, 0.4) is 0 Å². The van der Waals surface area contributed by atoms with Gasteiger partial charge in [0.1, 0.15) is 0 Å². The summed E-state index contributed by atoms with van der Waals surface area (Å²) in [5, 5.41) is 12.5. The van der Waals surface area contributed by atoms with Gasteiger partial charge in [0.25, 0.3) is 0 Å². The molecular weight excluding hydrogens is 174 g/mol. The molecule has 2 N–H and O–H groups in total. The van der Waals surface area contributed by atoms with Crippen molar-refractivity contribution in [1.82, 2.24) is 0 Å². The molecule has 1 aromatic rings. The fourth-order valence-electron chi connectivity index (χ4n) is 1.26. The Bertz CT molecular complexity index is 273. The van der Waals surface area contributed by atoms with Crippen LogP contribution in [-0.2, 0) is 6.61 Å². The maximum Gasteiger partial charge on any atom is 0.0701 e. The van der Waals surface area contributed by atoms with Crippen LogP contribution in [0.1, 0.15) is 25.8 Å². The van der Waals surface area contributed by atoms with Gasteiger partial charge in [-0.2, -0.15) is 0 Å². The summed E-state index contributed by atoms with van der Waals surface area (Å²) in [5.41, 5.74) is 2.02. The second-order valence-electron chi connectivity index (χ2n) is 3.71. The van der Waals surface area contributed by atoms with Gasteiger partial charge in [0.05, 0.1) is 6.61 Å². The van der Waals surface area contributed by atoms with E-state index in [9.17, 15) is 0 Å².